The summed E-state index contributed by atoms with van der Waals surface area (Å²) in [6.45, 7) is 10.2. The zero-order valence-corrected chi connectivity index (χ0v) is 14.4. The summed E-state index contributed by atoms with van der Waals surface area (Å²) < 4.78 is 5.72. The van der Waals surface area contributed by atoms with Crippen LogP contribution in [0.25, 0.3) is 0 Å². The summed E-state index contributed by atoms with van der Waals surface area (Å²) in [7, 11) is 0. The van der Waals surface area contributed by atoms with Gasteiger partial charge in [0.25, 0.3) is 0 Å². The van der Waals surface area contributed by atoms with Crippen LogP contribution in [-0.2, 0) is 4.74 Å². The fourth-order valence-electron chi connectivity index (χ4n) is 2.84. The number of halogens is 1. The molecule has 0 spiro atoms. The van der Waals surface area contributed by atoms with Crippen LogP contribution in [0.4, 0.5) is 0 Å². The highest BCUT2D eigenvalue weighted by Crippen LogP contribution is 2.33. The quantitative estimate of drug-likeness (QED) is 0.567. The highest BCUT2D eigenvalue weighted by atomic mass is 35.5. The molecule has 0 radical (unpaired) electrons. The van der Waals surface area contributed by atoms with Crippen LogP contribution in [0, 0.1) is 10.1 Å². The minimum absolute atomic E-state index is 0.0439. The number of rotatable bonds is 5. The molecule has 0 N–H and O–H groups in total. The first kappa shape index (κ1) is 17.7. The Balaban J connectivity index is 2.41. The number of hydrazone groups is 1. The highest BCUT2D eigenvalue weighted by molar-refractivity contribution is 6.42. The minimum Gasteiger partial charge on any atom is -0.369 e. The molecule has 0 amide bonds. The summed E-state index contributed by atoms with van der Waals surface area (Å²) in [6, 6.07) is 0. The Labute approximate surface area is 141 Å². The molecule has 2 heterocycles. The summed E-state index contributed by atoms with van der Waals surface area (Å²) in [5.41, 5.74) is 1.13. The molecule has 2 rings (SSSR count). The molecule has 1 unspecified atom stereocenters. The molecule has 8 heteroatoms. The number of amidine groups is 1. The number of nitrogens with zero attached hydrogens (tertiary/aromatic N) is 4. The number of nitro groups is 1. The monoisotopic (exact) mass is 342 g/mol. The molecule has 0 aromatic carbocycles. The smallest absolute Gasteiger partial charge is 0.369 e. The molecule has 0 aromatic rings. The van der Waals surface area contributed by atoms with Crippen molar-refractivity contribution in [3.05, 3.63) is 33.1 Å². The Morgan fingerprint density at radius 3 is 2.78 bits per heavy atom. The van der Waals surface area contributed by atoms with E-state index in [9.17, 15) is 10.1 Å². The highest BCUT2D eigenvalue weighted by Gasteiger charge is 2.40. The van der Waals surface area contributed by atoms with Gasteiger partial charge in [-0.3, -0.25) is 0 Å². The third-order valence-corrected chi connectivity index (χ3v) is 4.30. The second kappa shape index (κ2) is 7.79. The van der Waals surface area contributed by atoms with E-state index >= 15 is 0 Å². The number of hydrogen-bond donors (Lipinski definition) is 0. The van der Waals surface area contributed by atoms with Gasteiger partial charge in [-0.25, -0.2) is 0 Å². The van der Waals surface area contributed by atoms with E-state index in [0.717, 1.165) is 32.2 Å². The lowest BCUT2D eigenvalue weighted by Gasteiger charge is -2.35. The zero-order chi connectivity index (χ0) is 17.0. The summed E-state index contributed by atoms with van der Waals surface area (Å²) in [5.74, 6) is -0.349. The number of hydrogen-bond acceptors (Lipinski definition) is 6. The average Bonchev–Trinajstić information content (AvgIpc) is 2.54. The molecule has 1 saturated heterocycles. The molecule has 1 fully saturated rings. The Kier molecular flexibility index (Phi) is 6.01. The van der Waals surface area contributed by atoms with Gasteiger partial charge >= 0.3 is 5.84 Å². The molecular weight excluding hydrogens is 320 g/mol. The normalized spacial score (nSPS) is 22.2. The van der Waals surface area contributed by atoms with Gasteiger partial charge in [0.1, 0.15) is 5.70 Å². The van der Waals surface area contributed by atoms with Gasteiger partial charge in [-0.05, 0) is 37.5 Å². The lowest BCUT2D eigenvalue weighted by atomic mass is 10.1. The van der Waals surface area contributed by atoms with Crippen LogP contribution in [0.1, 0.15) is 39.5 Å². The van der Waals surface area contributed by atoms with Gasteiger partial charge in [-0.2, -0.15) is 0 Å². The van der Waals surface area contributed by atoms with Gasteiger partial charge < -0.3 is 19.8 Å². The van der Waals surface area contributed by atoms with Gasteiger partial charge in [-0.1, -0.05) is 25.1 Å². The third-order valence-electron chi connectivity index (χ3n) is 3.95. The fraction of sp³-hybridized carbons (Fsp3) is 0.667. The van der Waals surface area contributed by atoms with Crippen molar-refractivity contribution in [2.45, 2.75) is 45.8 Å². The first-order valence-electron chi connectivity index (χ1n) is 7.99. The summed E-state index contributed by atoms with van der Waals surface area (Å²) in [6.07, 6.45) is 3.32. The number of ether oxygens (including phenoxy) is 1. The van der Waals surface area contributed by atoms with E-state index in [1.54, 1.807) is 0 Å². The van der Waals surface area contributed by atoms with Gasteiger partial charge in [0.15, 0.2) is 11.3 Å². The Hall–Kier alpha value is -1.60. The maximum absolute atomic E-state index is 11.4. The molecule has 2 aliphatic heterocycles. The molecule has 0 saturated carbocycles. The number of likely N-dealkylation sites (N-methyl/N-ethyl adjacent to an activating group) is 1. The van der Waals surface area contributed by atoms with Crippen LogP contribution in [0.15, 0.2) is 28.1 Å². The molecule has 0 bridgehead atoms. The van der Waals surface area contributed by atoms with Gasteiger partial charge in [0.05, 0.1) is 10.8 Å². The molecule has 0 aliphatic carbocycles. The molecule has 128 valence electrons. The van der Waals surface area contributed by atoms with E-state index in [1.165, 1.54) is 5.01 Å². The van der Waals surface area contributed by atoms with Crippen LogP contribution in [0.5, 0.6) is 0 Å². The second-order valence-electron chi connectivity index (χ2n) is 5.54. The predicted molar refractivity (Wildman–Crippen MR) is 89.4 cm³/mol. The molecule has 1 atom stereocenters. The summed E-state index contributed by atoms with van der Waals surface area (Å²) in [4.78, 5) is 12.8. The van der Waals surface area contributed by atoms with Crippen molar-refractivity contribution < 1.29 is 9.66 Å². The van der Waals surface area contributed by atoms with Gasteiger partial charge in [0.2, 0.25) is 0 Å². The van der Waals surface area contributed by atoms with E-state index in [1.807, 2.05) is 18.7 Å². The van der Waals surface area contributed by atoms with Crippen LogP contribution >= 0.6 is 11.6 Å². The Morgan fingerprint density at radius 1 is 1.52 bits per heavy atom. The SMILES string of the molecule is C=C1C(N(CC)CCC)=C(Cl)C([N+](=O)[O-])=NN1C1CCCCO1. The minimum atomic E-state index is -0.551. The maximum Gasteiger partial charge on any atom is 0.409 e. The standard InChI is InChI=1S/C15H23ClN4O3/c1-4-9-18(5-2)14-11(3)19(12-8-6-7-10-23-12)17-15(13(14)16)20(21)22/h12H,3-10H2,1-2H3. The molecule has 0 aromatic heterocycles. The maximum atomic E-state index is 11.4. The second-order valence-corrected chi connectivity index (χ2v) is 5.91. The zero-order valence-electron chi connectivity index (χ0n) is 13.6. The Morgan fingerprint density at radius 2 is 2.26 bits per heavy atom. The van der Waals surface area contributed by atoms with Crippen molar-refractivity contribution in [3.63, 3.8) is 0 Å². The summed E-state index contributed by atoms with van der Waals surface area (Å²) >= 11 is 6.29. The average molecular weight is 343 g/mol. The van der Waals surface area contributed by atoms with Crippen molar-refractivity contribution in [2.75, 3.05) is 19.7 Å². The van der Waals surface area contributed by atoms with Crippen molar-refractivity contribution in [1.29, 1.82) is 0 Å². The van der Waals surface area contributed by atoms with Crippen molar-refractivity contribution in [3.8, 4) is 0 Å². The molecular formula is C15H23ClN4O3. The predicted octanol–water partition coefficient (Wildman–Crippen LogP) is 3.11. The van der Waals surface area contributed by atoms with Crippen LogP contribution in [-0.4, -0.2) is 46.6 Å². The van der Waals surface area contributed by atoms with Crippen molar-refractivity contribution in [1.82, 2.24) is 9.91 Å². The molecule has 23 heavy (non-hydrogen) atoms. The first-order chi connectivity index (χ1) is 11.0. The van der Waals surface area contributed by atoms with E-state index in [2.05, 4.69) is 11.7 Å². The van der Waals surface area contributed by atoms with Gasteiger partial charge in [0, 0.05) is 19.7 Å². The Bertz CT molecular complexity index is 541. The summed E-state index contributed by atoms with van der Waals surface area (Å²) in [5, 5.41) is 17.0. The third kappa shape index (κ3) is 3.67. The van der Waals surface area contributed by atoms with Gasteiger partial charge in [-0.15, -0.1) is 5.01 Å². The fourth-order valence-corrected chi connectivity index (χ4v) is 3.17. The van der Waals surface area contributed by atoms with Crippen LogP contribution < -0.4 is 0 Å². The van der Waals surface area contributed by atoms with Crippen LogP contribution in [0.2, 0.25) is 0 Å². The molecule has 7 nitrogen and oxygen atoms in total. The van der Waals surface area contributed by atoms with E-state index in [-0.39, 0.29) is 17.1 Å². The first-order valence-corrected chi connectivity index (χ1v) is 8.37. The topological polar surface area (TPSA) is 71.2 Å². The van der Waals surface area contributed by atoms with E-state index in [4.69, 9.17) is 16.3 Å². The molecule has 2 aliphatic rings. The lowest BCUT2D eigenvalue weighted by molar-refractivity contribution is -0.350. The van der Waals surface area contributed by atoms with Crippen molar-refractivity contribution in [2.24, 2.45) is 5.10 Å². The largest absolute Gasteiger partial charge is 0.409 e. The van der Waals surface area contributed by atoms with E-state index < -0.39 is 4.92 Å². The van der Waals surface area contributed by atoms with Crippen LogP contribution in [0.3, 0.4) is 0 Å². The van der Waals surface area contributed by atoms with Crippen molar-refractivity contribution >= 4 is 17.4 Å². The van der Waals surface area contributed by atoms with E-state index in [0.29, 0.717) is 24.5 Å². The lowest BCUT2D eigenvalue weighted by Crippen LogP contribution is -2.42.